The molecule has 0 spiro atoms. The molecule has 8 heteroatoms. The Balaban J connectivity index is 1.46. The van der Waals surface area contributed by atoms with Crippen molar-refractivity contribution in [1.82, 2.24) is 14.9 Å². The van der Waals surface area contributed by atoms with Gasteiger partial charge in [0.1, 0.15) is 0 Å². The first kappa shape index (κ1) is 18.6. The van der Waals surface area contributed by atoms with Crippen LogP contribution in [-0.2, 0) is 15.8 Å². The predicted octanol–water partition coefficient (Wildman–Crippen LogP) is 1.92. The van der Waals surface area contributed by atoms with Crippen LogP contribution in [0.15, 0.2) is 36.5 Å². The van der Waals surface area contributed by atoms with Gasteiger partial charge < -0.3 is 10.2 Å². The fourth-order valence-electron chi connectivity index (χ4n) is 3.06. The Labute approximate surface area is 154 Å². The standard InChI is InChI=1S/C18H25N5O2S/c1-15-5-4-6-16(11-15)14-26(24,25)21-8-7-19-18-12-17(13-20-22-18)23-9-2-3-10-23/h4-6,11-13,21H,2-3,7-10,14H2,1H3,(H,19,22). The Kier molecular flexibility index (Phi) is 6.05. The number of anilines is 2. The number of aryl methyl sites for hydroxylation is 1. The Morgan fingerprint density at radius 3 is 2.73 bits per heavy atom. The lowest BCUT2D eigenvalue weighted by Gasteiger charge is -2.17. The number of sulfonamides is 1. The normalized spacial score (nSPS) is 14.6. The molecular weight excluding hydrogens is 350 g/mol. The highest BCUT2D eigenvalue weighted by atomic mass is 32.2. The van der Waals surface area contributed by atoms with Gasteiger partial charge >= 0.3 is 0 Å². The maximum absolute atomic E-state index is 12.2. The molecule has 2 aromatic rings. The Hall–Kier alpha value is -2.19. The van der Waals surface area contributed by atoms with Crippen molar-refractivity contribution in [3.05, 3.63) is 47.7 Å². The topological polar surface area (TPSA) is 87.2 Å². The Morgan fingerprint density at radius 2 is 1.96 bits per heavy atom. The molecule has 1 saturated heterocycles. The van der Waals surface area contributed by atoms with E-state index in [9.17, 15) is 8.42 Å². The van der Waals surface area contributed by atoms with Crippen molar-refractivity contribution < 1.29 is 8.42 Å². The Bertz CT molecular complexity index is 835. The molecule has 0 aliphatic carbocycles. The molecule has 0 unspecified atom stereocenters. The summed E-state index contributed by atoms with van der Waals surface area (Å²) >= 11 is 0. The van der Waals surface area contributed by atoms with Gasteiger partial charge in [0.05, 0.1) is 17.6 Å². The summed E-state index contributed by atoms with van der Waals surface area (Å²) in [5.74, 6) is 0.645. The van der Waals surface area contributed by atoms with Gasteiger partial charge in [0.25, 0.3) is 0 Å². The number of benzene rings is 1. The third-order valence-corrected chi connectivity index (χ3v) is 5.66. The van der Waals surface area contributed by atoms with Gasteiger partial charge in [0, 0.05) is 32.2 Å². The average Bonchev–Trinajstić information content (AvgIpc) is 3.13. The van der Waals surface area contributed by atoms with Crippen LogP contribution in [-0.4, -0.2) is 44.8 Å². The first-order valence-electron chi connectivity index (χ1n) is 8.86. The Morgan fingerprint density at radius 1 is 1.15 bits per heavy atom. The van der Waals surface area contributed by atoms with Gasteiger partial charge in [-0.2, -0.15) is 5.10 Å². The summed E-state index contributed by atoms with van der Waals surface area (Å²) in [5.41, 5.74) is 2.89. The van der Waals surface area contributed by atoms with Crippen LogP contribution in [0.1, 0.15) is 24.0 Å². The molecule has 1 aliphatic heterocycles. The minimum atomic E-state index is -3.36. The highest BCUT2D eigenvalue weighted by molar-refractivity contribution is 7.88. The van der Waals surface area contributed by atoms with Crippen molar-refractivity contribution in [3.63, 3.8) is 0 Å². The van der Waals surface area contributed by atoms with E-state index in [-0.39, 0.29) is 5.75 Å². The van der Waals surface area contributed by atoms with Crippen LogP contribution < -0.4 is 14.9 Å². The molecule has 3 rings (SSSR count). The molecule has 0 atom stereocenters. The van der Waals surface area contributed by atoms with E-state index in [1.54, 1.807) is 6.20 Å². The summed E-state index contributed by atoms with van der Waals surface area (Å²) in [7, 11) is -3.36. The second-order valence-corrected chi connectivity index (χ2v) is 8.37. The van der Waals surface area contributed by atoms with Crippen LogP contribution in [0, 0.1) is 6.92 Å². The molecule has 2 N–H and O–H groups in total. The monoisotopic (exact) mass is 375 g/mol. The molecular formula is C18H25N5O2S. The van der Waals surface area contributed by atoms with Gasteiger partial charge in [0.15, 0.2) is 5.82 Å². The molecule has 26 heavy (non-hydrogen) atoms. The van der Waals surface area contributed by atoms with E-state index in [2.05, 4.69) is 25.1 Å². The lowest BCUT2D eigenvalue weighted by Crippen LogP contribution is -2.30. The highest BCUT2D eigenvalue weighted by Crippen LogP contribution is 2.20. The molecule has 1 aromatic carbocycles. The minimum Gasteiger partial charge on any atom is -0.370 e. The van der Waals surface area contributed by atoms with E-state index in [0.29, 0.717) is 18.9 Å². The van der Waals surface area contributed by atoms with Crippen LogP contribution >= 0.6 is 0 Å². The zero-order valence-electron chi connectivity index (χ0n) is 15.0. The summed E-state index contributed by atoms with van der Waals surface area (Å²) in [6.45, 7) is 4.79. The van der Waals surface area contributed by atoms with Crippen LogP contribution in [0.5, 0.6) is 0 Å². The van der Waals surface area contributed by atoms with Crippen LogP contribution in [0.3, 0.4) is 0 Å². The first-order valence-corrected chi connectivity index (χ1v) is 10.5. The maximum Gasteiger partial charge on any atom is 0.215 e. The van der Waals surface area contributed by atoms with E-state index >= 15 is 0 Å². The van der Waals surface area contributed by atoms with Crippen molar-refractivity contribution in [2.45, 2.75) is 25.5 Å². The molecule has 0 amide bonds. The average molecular weight is 375 g/mol. The van der Waals surface area contributed by atoms with Crippen molar-refractivity contribution in [1.29, 1.82) is 0 Å². The van der Waals surface area contributed by atoms with Crippen LogP contribution in [0.2, 0.25) is 0 Å². The molecule has 0 radical (unpaired) electrons. The van der Waals surface area contributed by atoms with Crippen molar-refractivity contribution in [2.24, 2.45) is 0 Å². The quantitative estimate of drug-likeness (QED) is 0.686. The summed E-state index contributed by atoms with van der Waals surface area (Å²) < 4.78 is 27.0. The molecule has 1 aromatic heterocycles. The summed E-state index contributed by atoms with van der Waals surface area (Å²) in [6, 6.07) is 9.49. The molecule has 1 fully saturated rings. The number of aromatic nitrogens is 2. The second kappa shape index (κ2) is 8.46. The lowest BCUT2D eigenvalue weighted by atomic mass is 10.2. The fraction of sp³-hybridized carbons (Fsp3) is 0.444. The summed E-state index contributed by atoms with van der Waals surface area (Å²) in [5, 5.41) is 11.2. The zero-order chi connectivity index (χ0) is 18.4. The van der Waals surface area contributed by atoms with E-state index in [1.807, 2.05) is 37.3 Å². The fourth-order valence-corrected chi connectivity index (χ4v) is 4.19. The maximum atomic E-state index is 12.2. The van der Waals surface area contributed by atoms with Crippen molar-refractivity contribution in [2.75, 3.05) is 36.4 Å². The number of nitrogens with zero attached hydrogens (tertiary/aromatic N) is 3. The minimum absolute atomic E-state index is 0.0149. The molecule has 140 valence electrons. The summed E-state index contributed by atoms with van der Waals surface area (Å²) in [6.07, 6.45) is 4.17. The van der Waals surface area contributed by atoms with Crippen molar-refractivity contribution >= 4 is 21.5 Å². The van der Waals surface area contributed by atoms with Crippen molar-refractivity contribution in [3.8, 4) is 0 Å². The molecule has 0 bridgehead atoms. The van der Waals surface area contributed by atoms with Crippen LogP contribution in [0.25, 0.3) is 0 Å². The number of nitrogens with one attached hydrogen (secondary N) is 2. The van der Waals surface area contributed by atoms with E-state index in [4.69, 9.17) is 0 Å². The highest BCUT2D eigenvalue weighted by Gasteiger charge is 2.14. The molecule has 7 nitrogen and oxygen atoms in total. The van der Waals surface area contributed by atoms with Gasteiger partial charge in [-0.25, -0.2) is 13.1 Å². The number of hydrogen-bond donors (Lipinski definition) is 2. The third kappa shape index (κ3) is 5.40. The number of rotatable bonds is 8. The predicted molar refractivity (Wildman–Crippen MR) is 104 cm³/mol. The van der Waals surface area contributed by atoms with Gasteiger partial charge in [-0.3, -0.25) is 0 Å². The van der Waals surface area contributed by atoms with E-state index in [1.165, 1.54) is 12.8 Å². The zero-order valence-corrected chi connectivity index (χ0v) is 15.8. The summed E-state index contributed by atoms with van der Waals surface area (Å²) in [4.78, 5) is 2.28. The van der Waals surface area contributed by atoms with Gasteiger partial charge in [0.2, 0.25) is 10.0 Å². The molecule has 1 aliphatic rings. The molecule has 2 heterocycles. The smallest absolute Gasteiger partial charge is 0.215 e. The van der Waals surface area contributed by atoms with Gasteiger partial charge in [-0.05, 0) is 25.3 Å². The van der Waals surface area contributed by atoms with E-state index in [0.717, 1.165) is 29.9 Å². The molecule has 0 saturated carbocycles. The van der Waals surface area contributed by atoms with E-state index < -0.39 is 10.0 Å². The SMILES string of the molecule is Cc1cccc(CS(=O)(=O)NCCNc2cc(N3CCCC3)cnn2)c1. The third-order valence-electron chi connectivity index (χ3n) is 4.30. The second-order valence-electron chi connectivity index (χ2n) is 6.56. The van der Waals surface area contributed by atoms with Crippen LogP contribution in [0.4, 0.5) is 11.5 Å². The largest absolute Gasteiger partial charge is 0.370 e. The number of hydrogen-bond acceptors (Lipinski definition) is 6. The lowest BCUT2D eigenvalue weighted by molar-refractivity contribution is 0.582. The van der Waals surface area contributed by atoms with Gasteiger partial charge in [-0.15, -0.1) is 5.10 Å². The first-order chi connectivity index (χ1) is 12.5. The van der Waals surface area contributed by atoms with Gasteiger partial charge in [-0.1, -0.05) is 29.8 Å².